The number of carbonyl (C=O) groups excluding carboxylic acids is 1. The molecule has 2 aliphatic heterocycles. The maximum atomic E-state index is 12.9. The molecular weight excluding hydrogens is 508 g/mol. The van der Waals surface area contributed by atoms with E-state index < -0.39 is 0 Å². The first-order valence-electron chi connectivity index (χ1n) is 13.3. The van der Waals surface area contributed by atoms with Gasteiger partial charge in [0.25, 0.3) is 5.91 Å². The van der Waals surface area contributed by atoms with Crippen LogP contribution in [0.25, 0.3) is 11.3 Å². The van der Waals surface area contributed by atoms with Crippen molar-refractivity contribution in [3.05, 3.63) is 77.7 Å². The van der Waals surface area contributed by atoms with Crippen LogP contribution in [0.4, 0.5) is 17.6 Å². The fourth-order valence-corrected chi connectivity index (χ4v) is 4.87. The maximum absolute atomic E-state index is 12.9. The van der Waals surface area contributed by atoms with Crippen LogP contribution in [-0.4, -0.2) is 51.6 Å². The van der Waals surface area contributed by atoms with E-state index in [-0.39, 0.29) is 18.0 Å². The molecule has 11 heteroatoms. The number of nitrogen functional groups attached to an aromatic ring is 1. The number of aromatic nitrogens is 4. The number of pyridine rings is 2. The Kier molecular flexibility index (Phi) is 7.36. The van der Waals surface area contributed by atoms with Crippen molar-refractivity contribution in [2.24, 2.45) is 0 Å². The van der Waals surface area contributed by atoms with Gasteiger partial charge in [-0.25, -0.2) is 19.9 Å². The molecule has 3 aromatic heterocycles. The van der Waals surface area contributed by atoms with Crippen LogP contribution >= 0.6 is 0 Å². The van der Waals surface area contributed by atoms with Crippen LogP contribution < -0.4 is 31.2 Å². The van der Waals surface area contributed by atoms with Crippen molar-refractivity contribution in [2.45, 2.75) is 31.9 Å². The number of piperidine rings is 1. The van der Waals surface area contributed by atoms with E-state index in [1.54, 1.807) is 36.8 Å². The third-order valence-electron chi connectivity index (χ3n) is 6.89. The lowest BCUT2D eigenvalue weighted by molar-refractivity contribution is 0.102. The van der Waals surface area contributed by atoms with Crippen LogP contribution in [0.1, 0.15) is 34.3 Å². The van der Waals surface area contributed by atoms with Crippen LogP contribution in [0.15, 0.2) is 61.1 Å². The minimum Gasteiger partial charge on any atom is -0.492 e. The monoisotopic (exact) mass is 538 g/mol. The van der Waals surface area contributed by atoms with Crippen molar-refractivity contribution >= 4 is 23.5 Å². The van der Waals surface area contributed by atoms with Crippen molar-refractivity contribution in [3.63, 3.8) is 0 Å². The number of hydrogen-bond acceptors (Lipinski definition) is 10. The molecule has 1 fully saturated rings. The van der Waals surface area contributed by atoms with E-state index >= 15 is 0 Å². The van der Waals surface area contributed by atoms with E-state index in [1.807, 2.05) is 24.3 Å². The molecule has 6 rings (SSSR count). The molecular formula is C29H30N8O3. The second kappa shape index (κ2) is 11.5. The Morgan fingerprint density at radius 2 is 2.00 bits per heavy atom. The molecule has 0 saturated carbocycles. The second-order valence-electron chi connectivity index (χ2n) is 9.68. The van der Waals surface area contributed by atoms with Crippen LogP contribution in [0, 0.1) is 0 Å². The first-order chi connectivity index (χ1) is 19.6. The van der Waals surface area contributed by atoms with Gasteiger partial charge in [-0.1, -0.05) is 12.1 Å². The average Bonchev–Trinajstić information content (AvgIpc) is 3.48. The number of hydrogen-bond donors (Lipinski definition) is 4. The zero-order valence-electron chi connectivity index (χ0n) is 21.9. The van der Waals surface area contributed by atoms with Gasteiger partial charge in [-0.05, 0) is 61.8 Å². The second-order valence-corrected chi connectivity index (χ2v) is 9.68. The number of anilines is 3. The first-order valence-corrected chi connectivity index (χ1v) is 13.3. The molecule has 1 amide bonds. The quantitative estimate of drug-likeness (QED) is 0.263. The topological polar surface area (TPSA) is 149 Å². The fraction of sp³-hybridized carbons (Fsp3) is 0.276. The third kappa shape index (κ3) is 5.79. The van der Waals surface area contributed by atoms with E-state index in [9.17, 15) is 4.79 Å². The summed E-state index contributed by atoms with van der Waals surface area (Å²) in [5, 5.41) is 9.59. The molecule has 204 valence electrons. The lowest BCUT2D eigenvalue weighted by Crippen LogP contribution is -2.34. The normalized spacial score (nSPS) is 14.7. The highest BCUT2D eigenvalue weighted by Crippen LogP contribution is 2.39. The zero-order valence-corrected chi connectivity index (χ0v) is 21.9. The van der Waals surface area contributed by atoms with Crippen LogP contribution in [-0.2, 0) is 13.0 Å². The summed E-state index contributed by atoms with van der Waals surface area (Å²) >= 11 is 0. The van der Waals surface area contributed by atoms with Crippen molar-refractivity contribution in [1.29, 1.82) is 0 Å². The maximum Gasteiger partial charge on any atom is 0.256 e. The number of carbonyl (C=O) groups is 1. The molecule has 4 aromatic rings. The molecule has 1 aromatic carbocycles. The summed E-state index contributed by atoms with van der Waals surface area (Å²) in [7, 11) is 0. The minimum atomic E-state index is -0.234. The number of fused-ring (bicyclic) bond motifs is 1. The van der Waals surface area contributed by atoms with Crippen molar-refractivity contribution < 1.29 is 14.3 Å². The van der Waals surface area contributed by atoms with Crippen LogP contribution in [0.2, 0.25) is 0 Å². The van der Waals surface area contributed by atoms with Crippen LogP contribution in [0.3, 0.4) is 0 Å². The molecule has 0 atom stereocenters. The Morgan fingerprint density at radius 3 is 2.83 bits per heavy atom. The van der Waals surface area contributed by atoms with E-state index in [1.165, 1.54) is 0 Å². The fourth-order valence-electron chi connectivity index (χ4n) is 4.87. The van der Waals surface area contributed by atoms with Gasteiger partial charge in [0, 0.05) is 36.5 Å². The van der Waals surface area contributed by atoms with E-state index in [0.717, 1.165) is 60.6 Å². The Labute approximate surface area is 231 Å². The summed E-state index contributed by atoms with van der Waals surface area (Å²) in [6.45, 7) is 2.97. The Balaban J connectivity index is 1.09. The van der Waals surface area contributed by atoms with Crippen molar-refractivity contribution in [2.75, 3.05) is 36.1 Å². The number of nitrogens with two attached hydrogens (primary N) is 1. The molecule has 1 saturated heterocycles. The van der Waals surface area contributed by atoms with Gasteiger partial charge in [-0.2, -0.15) is 0 Å². The SMILES string of the molecule is Nc1nccc(-c2cnc(NCc3cccc(C(=O)Nc4ccc(OC5CCNCC5)cn4)c3)c3c2OCC3)n1. The van der Waals surface area contributed by atoms with Gasteiger partial charge in [-0.3, -0.25) is 4.79 Å². The van der Waals surface area contributed by atoms with Gasteiger partial charge in [-0.15, -0.1) is 0 Å². The molecule has 2 aliphatic rings. The highest BCUT2D eigenvalue weighted by Gasteiger charge is 2.23. The summed E-state index contributed by atoms with van der Waals surface area (Å²) in [4.78, 5) is 30.2. The minimum absolute atomic E-state index is 0.194. The first kappa shape index (κ1) is 25.5. The number of nitrogens with zero attached hydrogens (tertiary/aromatic N) is 4. The summed E-state index contributed by atoms with van der Waals surface area (Å²) in [6, 6.07) is 12.8. The predicted molar refractivity (Wildman–Crippen MR) is 151 cm³/mol. The van der Waals surface area contributed by atoms with Crippen molar-refractivity contribution in [1.82, 2.24) is 25.3 Å². The molecule has 11 nitrogen and oxygen atoms in total. The van der Waals surface area contributed by atoms with Crippen LogP contribution in [0.5, 0.6) is 11.5 Å². The lowest BCUT2D eigenvalue weighted by Gasteiger charge is -2.23. The smallest absolute Gasteiger partial charge is 0.256 e. The van der Waals surface area contributed by atoms with Gasteiger partial charge in [0.2, 0.25) is 5.95 Å². The highest BCUT2D eigenvalue weighted by molar-refractivity contribution is 6.03. The molecule has 0 unspecified atom stereocenters. The van der Waals surface area contributed by atoms with E-state index in [2.05, 4.69) is 35.9 Å². The van der Waals surface area contributed by atoms with Gasteiger partial charge in [0.05, 0.1) is 24.1 Å². The number of benzene rings is 1. The number of rotatable bonds is 8. The number of nitrogens with one attached hydrogen (secondary N) is 3. The zero-order chi connectivity index (χ0) is 27.3. The summed E-state index contributed by atoms with van der Waals surface area (Å²) in [5.41, 5.74) is 9.68. The van der Waals surface area contributed by atoms with E-state index in [4.69, 9.17) is 15.2 Å². The van der Waals surface area contributed by atoms with Crippen molar-refractivity contribution in [3.8, 4) is 22.8 Å². The Hall–Kier alpha value is -4.77. The predicted octanol–water partition coefficient (Wildman–Crippen LogP) is 3.45. The summed E-state index contributed by atoms with van der Waals surface area (Å²) < 4.78 is 11.9. The largest absolute Gasteiger partial charge is 0.492 e. The lowest BCUT2D eigenvalue weighted by atomic mass is 10.1. The molecule has 0 bridgehead atoms. The highest BCUT2D eigenvalue weighted by atomic mass is 16.5. The summed E-state index contributed by atoms with van der Waals surface area (Å²) in [5.74, 6) is 2.63. The van der Waals surface area contributed by atoms with Gasteiger partial charge < -0.3 is 31.2 Å². The molecule has 0 spiro atoms. The van der Waals surface area contributed by atoms with Gasteiger partial charge in [0.15, 0.2) is 0 Å². The molecule has 5 N–H and O–H groups in total. The van der Waals surface area contributed by atoms with Gasteiger partial charge >= 0.3 is 0 Å². The molecule has 40 heavy (non-hydrogen) atoms. The average molecular weight is 539 g/mol. The standard InChI is InChI=1S/C29H30N8O3/c30-29-32-12-8-24(36-29)23-17-35-27(22-9-13-39-26(22)23)34-15-18-2-1-3-19(14-18)28(38)37-25-5-4-21(16-33-25)40-20-6-10-31-11-7-20/h1-5,8,12,14,16-17,20,31H,6-7,9-11,13,15H2,(H,34,35)(H2,30,32,36)(H,33,37,38). The molecule has 0 radical (unpaired) electrons. The molecule has 5 heterocycles. The number of amides is 1. The third-order valence-corrected chi connectivity index (χ3v) is 6.89. The Bertz CT molecular complexity index is 1510. The van der Waals surface area contributed by atoms with Gasteiger partial charge in [0.1, 0.15) is 29.2 Å². The summed E-state index contributed by atoms with van der Waals surface area (Å²) in [6.07, 6.45) is 7.87. The Morgan fingerprint density at radius 1 is 1.10 bits per heavy atom. The molecule has 0 aliphatic carbocycles. The number of ether oxygens (including phenoxy) is 2. The van der Waals surface area contributed by atoms with E-state index in [0.29, 0.717) is 36.0 Å².